The minimum absolute atomic E-state index is 0.0841. The number of carbonyl (C=O) groups excluding carboxylic acids is 1. The molecule has 0 unspecified atom stereocenters. The molecule has 1 N–H and O–H groups in total. The number of ether oxygens (including phenoxy) is 2. The van der Waals surface area contributed by atoms with E-state index in [9.17, 15) is 13.2 Å². The zero-order valence-electron chi connectivity index (χ0n) is 13.5. The fourth-order valence-electron chi connectivity index (χ4n) is 2.35. The van der Waals surface area contributed by atoms with Crippen molar-refractivity contribution in [2.24, 2.45) is 5.92 Å². The summed E-state index contributed by atoms with van der Waals surface area (Å²) >= 11 is 0. The van der Waals surface area contributed by atoms with Crippen LogP contribution >= 0.6 is 0 Å². The molecule has 1 aliphatic rings. The van der Waals surface area contributed by atoms with E-state index in [0.29, 0.717) is 17.9 Å². The number of benzene rings is 1. The molecule has 0 fully saturated rings. The lowest BCUT2D eigenvalue weighted by atomic mass is 9.95. The van der Waals surface area contributed by atoms with Crippen molar-refractivity contribution in [2.75, 3.05) is 40.1 Å². The summed E-state index contributed by atoms with van der Waals surface area (Å²) in [6, 6.07) is 5.56. The maximum absolute atomic E-state index is 12.2. The number of carbonyl (C=O) groups is 1. The van der Waals surface area contributed by atoms with E-state index in [-0.39, 0.29) is 30.7 Å². The predicted octanol–water partition coefficient (Wildman–Crippen LogP) is 0.254. The van der Waals surface area contributed by atoms with Crippen molar-refractivity contribution in [1.82, 2.24) is 9.62 Å². The monoisotopic (exact) mass is 342 g/mol. The van der Waals surface area contributed by atoms with Gasteiger partial charge in [0.15, 0.2) is 11.5 Å². The van der Waals surface area contributed by atoms with E-state index in [2.05, 4.69) is 5.32 Å². The quantitative estimate of drug-likeness (QED) is 0.801. The molecule has 1 aromatic rings. The number of fused-ring (bicyclic) bond motifs is 1. The van der Waals surface area contributed by atoms with Gasteiger partial charge >= 0.3 is 0 Å². The highest BCUT2D eigenvalue weighted by Crippen LogP contribution is 2.35. The zero-order valence-corrected chi connectivity index (χ0v) is 14.4. The summed E-state index contributed by atoms with van der Waals surface area (Å²) in [5.74, 6) is 0.667. The molecule has 0 bridgehead atoms. The molecule has 0 radical (unpaired) electrons. The second kappa shape index (κ2) is 7.18. The Labute approximate surface area is 136 Å². The molecule has 0 saturated heterocycles. The van der Waals surface area contributed by atoms with Gasteiger partial charge in [-0.2, -0.15) is 0 Å². The third kappa shape index (κ3) is 4.14. The van der Waals surface area contributed by atoms with Crippen LogP contribution in [-0.2, 0) is 21.2 Å². The molecule has 1 heterocycles. The van der Waals surface area contributed by atoms with Crippen molar-refractivity contribution in [1.29, 1.82) is 0 Å². The van der Waals surface area contributed by atoms with Gasteiger partial charge in [-0.1, -0.05) is 12.1 Å². The van der Waals surface area contributed by atoms with Crippen LogP contribution in [-0.4, -0.2) is 58.7 Å². The standard InChI is InChI=1S/C15H22N2O5S/c1-17(2)23(19,20)8-7-16-15(18)12-9-11-5-4-6-13(21-3)14(11)22-10-12/h4-6,12H,7-10H2,1-3H3,(H,16,18)/t12-/m0/s1. The summed E-state index contributed by atoms with van der Waals surface area (Å²) in [5.41, 5.74) is 0.914. The van der Waals surface area contributed by atoms with Crippen LogP contribution in [0.25, 0.3) is 0 Å². The van der Waals surface area contributed by atoms with Crippen LogP contribution in [0.2, 0.25) is 0 Å². The highest BCUT2D eigenvalue weighted by molar-refractivity contribution is 7.89. The first kappa shape index (κ1) is 17.6. The highest BCUT2D eigenvalue weighted by atomic mass is 32.2. The topological polar surface area (TPSA) is 84.9 Å². The Kier molecular flexibility index (Phi) is 5.48. The molecule has 23 heavy (non-hydrogen) atoms. The number of hydrogen-bond acceptors (Lipinski definition) is 5. The van der Waals surface area contributed by atoms with Crippen LogP contribution in [0, 0.1) is 5.92 Å². The van der Waals surface area contributed by atoms with Crippen LogP contribution in [0.15, 0.2) is 18.2 Å². The molecule has 0 spiro atoms. The first-order chi connectivity index (χ1) is 10.8. The fraction of sp³-hybridized carbons (Fsp3) is 0.533. The summed E-state index contributed by atoms with van der Waals surface area (Å²) < 4.78 is 35.3. The molecule has 7 nitrogen and oxygen atoms in total. The molecular weight excluding hydrogens is 320 g/mol. The summed E-state index contributed by atoms with van der Waals surface area (Å²) in [7, 11) is 1.20. The molecule has 2 rings (SSSR count). The van der Waals surface area contributed by atoms with E-state index in [4.69, 9.17) is 9.47 Å². The van der Waals surface area contributed by atoms with E-state index in [0.717, 1.165) is 9.87 Å². The third-order valence-corrected chi connectivity index (χ3v) is 5.59. The Balaban J connectivity index is 1.92. The van der Waals surface area contributed by atoms with Crippen LogP contribution < -0.4 is 14.8 Å². The number of sulfonamides is 1. The van der Waals surface area contributed by atoms with Crippen molar-refractivity contribution in [3.05, 3.63) is 23.8 Å². The summed E-state index contributed by atoms with van der Waals surface area (Å²) in [6.45, 7) is 0.334. The smallest absolute Gasteiger partial charge is 0.226 e. The van der Waals surface area contributed by atoms with Crippen LogP contribution in [0.3, 0.4) is 0 Å². The van der Waals surface area contributed by atoms with Gasteiger partial charge in [0.2, 0.25) is 15.9 Å². The van der Waals surface area contributed by atoms with Gasteiger partial charge < -0.3 is 14.8 Å². The number of methoxy groups -OCH3 is 1. The first-order valence-corrected chi connectivity index (χ1v) is 8.92. The van der Waals surface area contributed by atoms with E-state index in [1.54, 1.807) is 7.11 Å². The molecular formula is C15H22N2O5S. The number of rotatable bonds is 6. The van der Waals surface area contributed by atoms with Gasteiger partial charge in [-0.05, 0) is 18.1 Å². The molecule has 0 aromatic heterocycles. The Morgan fingerprint density at radius 1 is 1.43 bits per heavy atom. The van der Waals surface area contributed by atoms with Crippen LogP contribution in [0.1, 0.15) is 5.56 Å². The zero-order chi connectivity index (χ0) is 17.0. The van der Waals surface area contributed by atoms with Gasteiger partial charge in [0, 0.05) is 20.6 Å². The number of nitrogens with one attached hydrogen (secondary N) is 1. The Bertz CT molecular complexity index is 672. The van der Waals surface area contributed by atoms with Gasteiger partial charge in [0.1, 0.15) is 6.61 Å². The van der Waals surface area contributed by atoms with E-state index < -0.39 is 10.0 Å². The molecule has 0 aliphatic carbocycles. The average Bonchev–Trinajstić information content (AvgIpc) is 2.53. The number of hydrogen-bond donors (Lipinski definition) is 1. The van der Waals surface area contributed by atoms with Crippen molar-refractivity contribution in [3.8, 4) is 11.5 Å². The van der Waals surface area contributed by atoms with E-state index in [1.165, 1.54) is 14.1 Å². The molecule has 1 atom stereocenters. The maximum Gasteiger partial charge on any atom is 0.226 e. The van der Waals surface area contributed by atoms with Gasteiger partial charge in [-0.3, -0.25) is 4.79 Å². The van der Waals surface area contributed by atoms with E-state index in [1.807, 2.05) is 18.2 Å². The summed E-state index contributed by atoms with van der Waals surface area (Å²) in [5, 5.41) is 2.67. The van der Waals surface area contributed by atoms with Gasteiger partial charge in [-0.25, -0.2) is 12.7 Å². The maximum atomic E-state index is 12.2. The van der Waals surface area contributed by atoms with Gasteiger partial charge in [0.05, 0.1) is 18.8 Å². The third-order valence-electron chi connectivity index (χ3n) is 3.76. The molecule has 8 heteroatoms. The van der Waals surface area contributed by atoms with Crippen LogP contribution in [0.4, 0.5) is 0 Å². The molecule has 128 valence electrons. The molecule has 0 saturated carbocycles. The minimum atomic E-state index is -3.31. The molecule has 1 aromatic carbocycles. The van der Waals surface area contributed by atoms with Crippen molar-refractivity contribution >= 4 is 15.9 Å². The minimum Gasteiger partial charge on any atom is -0.493 e. The Morgan fingerprint density at radius 3 is 2.83 bits per heavy atom. The molecule has 1 aliphatic heterocycles. The normalized spacial score (nSPS) is 17.3. The second-order valence-corrected chi connectivity index (χ2v) is 7.85. The van der Waals surface area contributed by atoms with Gasteiger partial charge in [0.25, 0.3) is 0 Å². The lowest BCUT2D eigenvalue weighted by molar-refractivity contribution is -0.126. The summed E-state index contributed by atoms with van der Waals surface area (Å²) in [6.07, 6.45) is 0.540. The number of amides is 1. The van der Waals surface area contributed by atoms with E-state index >= 15 is 0 Å². The number of nitrogens with zero attached hydrogens (tertiary/aromatic N) is 1. The van der Waals surface area contributed by atoms with Crippen LogP contribution in [0.5, 0.6) is 11.5 Å². The highest BCUT2D eigenvalue weighted by Gasteiger charge is 2.28. The average molecular weight is 342 g/mol. The van der Waals surface area contributed by atoms with Gasteiger partial charge in [-0.15, -0.1) is 0 Å². The number of para-hydroxylation sites is 1. The largest absolute Gasteiger partial charge is 0.493 e. The Morgan fingerprint density at radius 2 is 2.17 bits per heavy atom. The predicted molar refractivity (Wildman–Crippen MR) is 86.2 cm³/mol. The lowest BCUT2D eigenvalue weighted by Crippen LogP contribution is -2.40. The SMILES string of the molecule is COc1cccc2c1OC[C@@H](C(=O)NCCS(=O)(=O)N(C)C)C2. The fourth-order valence-corrected chi connectivity index (χ4v) is 3.08. The molecule has 1 amide bonds. The lowest BCUT2D eigenvalue weighted by Gasteiger charge is -2.25. The summed E-state index contributed by atoms with van der Waals surface area (Å²) in [4.78, 5) is 12.2. The first-order valence-electron chi connectivity index (χ1n) is 7.31. The van der Waals surface area contributed by atoms with Crippen molar-refractivity contribution in [2.45, 2.75) is 6.42 Å². The van der Waals surface area contributed by atoms with Crippen molar-refractivity contribution < 1.29 is 22.7 Å². The van der Waals surface area contributed by atoms with Crippen molar-refractivity contribution in [3.63, 3.8) is 0 Å². The second-order valence-electron chi connectivity index (χ2n) is 5.55. The Hall–Kier alpha value is -1.80.